The van der Waals surface area contributed by atoms with Crippen LogP contribution in [0.2, 0.25) is 25.7 Å². The van der Waals surface area contributed by atoms with E-state index in [0.29, 0.717) is 13.0 Å². The Labute approximate surface area is 190 Å². The van der Waals surface area contributed by atoms with Crippen LogP contribution in [0.5, 0.6) is 0 Å². The third-order valence-corrected chi connectivity index (χ3v) is 6.31. The minimum Gasteiger partial charge on any atom is -0.464 e. The van der Waals surface area contributed by atoms with Crippen LogP contribution in [0.1, 0.15) is 11.1 Å². The molecule has 0 heterocycles. The SMILES string of the molecule is C[Si](C)(C)CCOC(=O)[C@H](Cc1ccccc1)NC(=O)CNC(=O)OCc1ccccc1. The fourth-order valence-electron chi connectivity index (χ4n) is 2.77. The lowest BCUT2D eigenvalue weighted by Crippen LogP contribution is -2.47. The molecule has 0 aliphatic heterocycles. The molecule has 0 aromatic heterocycles. The number of ether oxygens (including phenoxy) is 2. The summed E-state index contributed by atoms with van der Waals surface area (Å²) in [5, 5.41) is 5.07. The first kappa shape index (κ1) is 25.1. The molecule has 32 heavy (non-hydrogen) atoms. The summed E-state index contributed by atoms with van der Waals surface area (Å²) < 4.78 is 10.5. The Balaban J connectivity index is 1.85. The zero-order chi connectivity index (χ0) is 23.4. The highest BCUT2D eigenvalue weighted by Gasteiger charge is 2.24. The first-order valence-electron chi connectivity index (χ1n) is 10.7. The van der Waals surface area contributed by atoms with Gasteiger partial charge in [0.1, 0.15) is 19.2 Å². The minimum atomic E-state index is -1.35. The highest BCUT2D eigenvalue weighted by Crippen LogP contribution is 2.09. The Morgan fingerprint density at radius 2 is 1.47 bits per heavy atom. The van der Waals surface area contributed by atoms with Crippen molar-refractivity contribution in [1.82, 2.24) is 10.6 Å². The molecule has 2 amide bonds. The zero-order valence-electron chi connectivity index (χ0n) is 18.9. The van der Waals surface area contributed by atoms with Gasteiger partial charge in [0, 0.05) is 14.5 Å². The Morgan fingerprint density at radius 3 is 2.06 bits per heavy atom. The number of carbonyl (C=O) groups is 3. The Bertz CT molecular complexity index is 869. The molecular weight excluding hydrogens is 424 g/mol. The molecule has 0 bridgehead atoms. The number of rotatable bonds is 11. The van der Waals surface area contributed by atoms with Gasteiger partial charge in [-0.1, -0.05) is 80.3 Å². The normalized spacial score (nSPS) is 11.8. The van der Waals surface area contributed by atoms with Gasteiger partial charge in [0.2, 0.25) is 5.91 Å². The van der Waals surface area contributed by atoms with E-state index in [1.54, 1.807) is 0 Å². The molecule has 0 saturated carbocycles. The maximum Gasteiger partial charge on any atom is 0.407 e. The Hall–Kier alpha value is -3.13. The second kappa shape index (κ2) is 12.7. The van der Waals surface area contributed by atoms with E-state index in [1.165, 1.54) is 0 Å². The molecule has 172 valence electrons. The molecule has 2 aromatic carbocycles. The lowest BCUT2D eigenvalue weighted by atomic mass is 10.1. The number of benzene rings is 2. The summed E-state index contributed by atoms with van der Waals surface area (Å²) in [6, 6.07) is 18.6. The summed E-state index contributed by atoms with van der Waals surface area (Å²) in [6.45, 7) is 6.74. The van der Waals surface area contributed by atoms with E-state index in [1.807, 2.05) is 60.7 Å². The third kappa shape index (κ3) is 10.3. The van der Waals surface area contributed by atoms with Crippen molar-refractivity contribution in [1.29, 1.82) is 0 Å². The molecule has 2 N–H and O–H groups in total. The van der Waals surface area contributed by atoms with Crippen LogP contribution in [-0.4, -0.2) is 45.2 Å². The minimum absolute atomic E-state index is 0.105. The van der Waals surface area contributed by atoms with Gasteiger partial charge in [0.25, 0.3) is 0 Å². The van der Waals surface area contributed by atoms with E-state index in [-0.39, 0.29) is 13.2 Å². The fourth-order valence-corrected chi connectivity index (χ4v) is 3.49. The van der Waals surface area contributed by atoms with E-state index in [9.17, 15) is 14.4 Å². The predicted octanol–water partition coefficient (Wildman–Crippen LogP) is 3.52. The molecule has 0 saturated heterocycles. The van der Waals surface area contributed by atoms with Gasteiger partial charge >= 0.3 is 12.1 Å². The smallest absolute Gasteiger partial charge is 0.407 e. The van der Waals surface area contributed by atoms with Gasteiger partial charge in [-0.15, -0.1) is 0 Å². The molecule has 0 fully saturated rings. The Morgan fingerprint density at radius 1 is 0.875 bits per heavy atom. The molecule has 1 atom stereocenters. The standard InChI is InChI=1S/C24H32N2O5Si/c1-32(2,3)15-14-30-23(28)21(16-19-10-6-4-7-11-19)26-22(27)17-25-24(29)31-18-20-12-8-5-9-13-20/h4-13,21H,14-18H2,1-3H3,(H,25,29)(H,26,27)/t21-/m0/s1. The topological polar surface area (TPSA) is 93.7 Å². The number of hydrogen-bond acceptors (Lipinski definition) is 5. The third-order valence-electron chi connectivity index (χ3n) is 4.60. The highest BCUT2D eigenvalue weighted by molar-refractivity contribution is 6.76. The van der Waals surface area contributed by atoms with E-state index >= 15 is 0 Å². The van der Waals surface area contributed by atoms with Crippen LogP contribution < -0.4 is 10.6 Å². The van der Waals surface area contributed by atoms with Gasteiger partial charge in [-0.3, -0.25) is 4.79 Å². The summed E-state index contributed by atoms with van der Waals surface area (Å²) in [7, 11) is -1.35. The number of alkyl carbamates (subject to hydrolysis) is 1. The molecule has 0 unspecified atom stereocenters. The lowest BCUT2D eigenvalue weighted by molar-refractivity contribution is -0.147. The van der Waals surface area contributed by atoms with Crippen molar-refractivity contribution in [2.45, 2.75) is 44.8 Å². The molecule has 7 nitrogen and oxygen atoms in total. The lowest BCUT2D eigenvalue weighted by Gasteiger charge is -2.20. The Kier molecular flexibility index (Phi) is 9.94. The van der Waals surface area contributed by atoms with Crippen LogP contribution in [0.4, 0.5) is 4.79 Å². The van der Waals surface area contributed by atoms with Crippen LogP contribution in [-0.2, 0) is 32.1 Å². The molecule has 0 aliphatic rings. The van der Waals surface area contributed by atoms with Gasteiger partial charge < -0.3 is 20.1 Å². The van der Waals surface area contributed by atoms with Gasteiger partial charge in [-0.2, -0.15) is 0 Å². The summed E-state index contributed by atoms with van der Waals surface area (Å²) in [6.07, 6.45) is -0.405. The molecule has 2 rings (SSSR count). The van der Waals surface area contributed by atoms with Crippen molar-refractivity contribution < 1.29 is 23.9 Å². The van der Waals surface area contributed by atoms with Crippen LogP contribution in [0, 0.1) is 0 Å². The first-order valence-corrected chi connectivity index (χ1v) is 14.4. The van der Waals surface area contributed by atoms with Gasteiger partial charge in [0.15, 0.2) is 0 Å². The van der Waals surface area contributed by atoms with Crippen molar-refractivity contribution in [3.63, 3.8) is 0 Å². The van der Waals surface area contributed by atoms with Crippen LogP contribution in [0.25, 0.3) is 0 Å². The second-order valence-corrected chi connectivity index (χ2v) is 14.3. The largest absolute Gasteiger partial charge is 0.464 e. The van der Waals surface area contributed by atoms with E-state index < -0.39 is 32.1 Å². The van der Waals surface area contributed by atoms with Crippen LogP contribution in [0.3, 0.4) is 0 Å². The van der Waals surface area contributed by atoms with E-state index in [2.05, 4.69) is 30.3 Å². The first-order chi connectivity index (χ1) is 15.2. The predicted molar refractivity (Wildman–Crippen MR) is 126 cm³/mol. The maximum absolute atomic E-state index is 12.6. The molecule has 2 aromatic rings. The van der Waals surface area contributed by atoms with Gasteiger partial charge in [0.05, 0.1) is 6.61 Å². The van der Waals surface area contributed by atoms with Crippen molar-refractivity contribution in [3.8, 4) is 0 Å². The molecule has 8 heteroatoms. The molecule has 0 radical (unpaired) electrons. The summed E-state index contributed by atoms with van der Waals surface area (Å²) in [4.78, 5) is 36.9. The number of amides is 2. The summed E-state index contributed by atoms with van der Waals surface area (Å²) >= 11 is 0. The average Bonchev–Trinajstić information content (AvgIpc) is 2.76. The van der Waals surface area contributed by atoms with Crippen molar-refractivity contribution in [2.75, 3.05) is 13.2 Å². The monoisotopic (exact) mass is 456 g/mol. The quantitative estimate of drug-likeness (QED) is 0.399. The number of esters is 1. The van der Waals surface area contributed by atoms with Crippen LogP contribution in [0.15, 0.2) is 60.7 Å². The maximum atomic E-state index is 12.6. The van der Waals surface area contributed by atoms with Crippen molar-refractivity contribution >= 4 is 26.0 Å². The summed E-state index contributed by atoms with van der Waals surface area (Å²) in [5.41, 5.74) is 1.74. The van der Waals surface area contributed by atoms with Gasteiger partial charge in [-0.25, -0.2) is 9.59 Å². The molecule has 0 aliphatic carbocycles. The van der Waals surface area contributed by atoms with Crippen molar-refractivity contribution in [3.05, 3.63) is 71.8 Å². The molecule has 0 spiro atoms. The van der Waals surface area contributed by atoms with Crippen LogP contribution >= 0.6 is 0 Å². The zero-order valence-corrected chi connectivity index (χ0v) is 19.9. The van der Waals surface area contributed by atoms with E-state index in [0.717, 1.165) is 17.2 Å². The van der Waals surface area contributed by atoms with Crippen molar-refractivity contribution in [2.24, 2.45) is 0 Å². The number of nitrogens with one attached hydrogen (secondary N) is 2. The number of carbonyl (C=O) groups excluding carboxylic acids is 3. The van der Waals surface area contributed by atoms with Gasteiger partial charge in [-0.05, 0) is 17.2 Å². The molecular formula is C24H32N2O5Si. The van der Waals surface area contributed by atoms with E-state index in [4.69, 9.17) is 9.47 Å². The highest BCUT2D eigenvalue weighted by atomic mass is 28.3. The average molecular weight is 457 g/mol. The second-order valence-electron chi connectivity index (χ2n) is 8.70. The fraction of sp³-hybridized carbons (Fsp3) is 0.375. The number of hydrogen-bond donors (Lipinski definition) is 2. The summed E-state index contributed by atoms with van der Waals surface area (Å²) in [5.74, 6) is -0.975.